The van der Waals surface area contributed by atoms with E-state index in [0.717, 1.165) is 25.9 Å². The van der Waals surface area contributed by atoms with Crippen LogP contribution in [0, 0.1) is 0 Å². The first-order valence-corrected chi connectivity index (χ1v) is 7.18. The van der Waals surface area contributed by atoms with E-state index < -0.39 is 0 Å². The molecule has 0 radical (unpaired) electrons. The second kappa shape index (κ2) is 8.28. The van der Waals surface area contributed by atoms with Gasteiger partial charge in [0.25, 0.3) is 0 Å². The summed E-state index contributed by atoms with van der Waals surface area (Å²) in [5.74, 6) is 0. The zero-order valence-electron chi connectivity index (χ0n) is 11.7. The summed E-state index contributed by atoms with van der Waals surface area (Å²) < 4.78 is 0. The fourth-order valence-corrected chi connectivity index (χ4v) is 2.57. The van der Waals surface area contributed by atoms with Crippen molar-refractivity contribution in [1.82, 2.24) is 0 Å². The average molecular weight is 248 g/mol. The number of nitrogens with two attached hydrogens (primary N) is 2. The SMILES string of the molecule is CC(CCCCN)(CCCCN)c1ccccc1. The van der Waals surface area contributed by atoms with Crippen molar-refractivity contribution in [3.05, 3.63) is 35.9 Å². The fraction of sp³-hybridized carbons (Fsp3) is 0.625. The summed E-state index contributed by atoms with van der Waals surface area (Å²) in [5.41, 5.74) is 12.9. The highest BCUT2D eigenvalue weighted by atomic mass is 14.5. The number of rotatable bonds is 9. The van der Waals surface area contributed by atoms with Crippen LogP contribution < -0.4 is 11.5 Å². The zero-order chi connectivity index (χ0) is 13.3. The maximum absolute atomic E-state index is 5.60. The second-order valence-electron chi connectivity index (χ2n) is 5.42. The average Bonchev–Trinajstić information content (AvgIpc) is 2.40. The van der Waals surface area contributed by atoms with E-state index in [4.69, 9.17) is 11.5 Å². The minimum Gasteiger partial charge on any atom is -0.330 e. The van der Waals surface area contributed by atoms with Gasteiger partial charge in [0.2, 0.25) is 0 Å². The first-order valence-electron chi connectivity index (χ1n) is 7.18. The summed E-state index contributed by atoms with van der Waals surface area (Å²) in [6, 6.07) is 10.9. The van der Waals surface area contributed by atoms with Crippen LogP contribution in [0.1, 0.15) is 51.0 Å². The Morgan fingerprint density at radius 2 is 1.33 bits per heavy atom. The van der Waals surface area contributed by atoms with Crippen LogP contribution in [0.2, 0.25) is 0 Å². The molecule has 102 valence electrons. The van der Waals surface area contributed by atoms with Gasteiger partial charge < -0.3 is 11.5 Å². The molecule has 0 amide bonds. The van der Waals surface area contributed by atoms with Crippen molar-refractivity contribution in [2.75, 3.05) is 13.1 Å². The van der Waals surface area contributed by atoms with E-state index in [0.29, 0.717) is 0 Å². The monoisotopic (exact) mass is 248 g/mol. The van der Waals surface area contributed by atoms with E-state index in [-0.39, 0.29) is 5.41 Å². The lowest BCUT2D eigenvalue weighted by Crippen LogP contribution is -2.22. The Morgan fingerprint density at radius 1 is 0.833 bits per heavy atom. The molecule has 18 heavy (non-hydrogen) atoms. The molecule has 4 N–H and O–H groups in total. The lowest BCUT2D eigenvalue weighted by molar-refractivity contribution is 0.371. The molecule has 0 heterocycles. The van der Waals surface area contributed by atoms with E-state index in [9.17, 15) is 0 Å². The van der Waals surface area contributed by atoms with Crippen LogP contribution >= 0.6 is 0 Å². The summed E-state index contributed by atoms with van der Waals surface area (Å²) in [6.07, 6.45) is 7.12. The molecule has 1 aromatic carbocycles. The van der Waals surface area contributed by atoms with Crippen molar-refractivity contribution >= 4 is 0 Å². The molecule has 0 bridgehead atoms. The molecule has 2 heteroatoms. The second-order valence-corrected chi connectivity index (χ2v) is 5.42. The molecular weight excluding hydrogens is 220 g/mol. The number of benzene rings is 1. The third-order valence-corrected chi connectivity index (χ3v) is 3.84. The van der Waals surface area contributed by atoms with Crippen molar-refractivity contribution in [1.29, 1.82) is 0 Å². The van der Waals surface area contributed by atoms with E-state index in [1.807, 2.05) is 0 Å². The van der Waals surface area contributed by atoms with Crippen LogP contribution in [0.25, 0.3) is 0 Å². The number of hydrogen-bond acceptors (Lipinski definition) is 2. The molecule has 0 atom stereocenters. The van der Waals surface area contributed by atoms with Gasteiger partial charge in [0.1, 0.15) is 0 Å². The van der Waals surface area contributed by atoms with Gasteiger partial charge in [0.05, 0.1) is 0 Å². The summed E-state index contributed by atoms with van der Waals surface area (Å²) in [4.78, 5) is 0. The van der Waals surface area contributed by atoms with E-state index in [2.05, 4.69) is 37.3 Å². The van der Waals surface area contributed by atoms with Crippen LogP contribution in [-0.2, 0) is 5.41 Å². The van der Waals surface area contributed by atoms with Gasteiger partial charge in [-0.15, -0.1) is 0 Å². The van der Waals surface area contributed by atoms with E-state index in [1.165, 1.54) is 31.2 Å². The molecule has 0 fully saturated rings. The standard InChI is InChI=1S/C16H28N2/c1-16(11-5-7-13-17,12-6-8-14-18)15-9-3-2-4-10-15/h2-4,9-10H,5-8,11-14,17-18H2,1H3. The van der Waals surface area contributed by atoms with Gasteiger partial charge in [0, 0.05) is 0 Å². The molecule has 0 aromatic heterocycles. The van der Waals surface area contributed by atoms with Gasteiger partial charge in [-0.3, -0.25) is 0 Å². The van der Waals surface area contributed by atoms with Gasteiger partial charge in [0.15, 0.2) is 0 Å². The summed E-state index contributed by atoms with van der Waals surface area (Å²) >= 11 is 0. The normalized spacial score (nSPS) is 11.7. The topological polar surface area (TPSA) is 52.0 Å². The Bertz CT molecular complexity index is 298. The smallest absolute Gasteiger partial charge is 0.00752 e. The Balaban J connectivity index is 2.67. The van der Waals surface area contributed by atoms with Gasteiger partial charge in [-0.25, -0.2) is 0 Å². The molecule has 0 aliphatic rings. The predicted octanol–water partition coefficient (Wildman–Crippen LogP) is 3.20. The molecule has 0 saturated carbocycles. The number of hydrogen-bond donors (Lipinski definition) is 2. The van der Waals surface area contributed by atoms with Crippen molar-refractivity contribution in [2.24, 2.45) is 11.5 Å². The Hall–Kier alpha value is -0.860. The van der Waals surface area contributed by atoms with E-state index in [1.54, 1.807) is 0 Å². The molecule has 2 nitrogen and oxygen atoms in total. The quantitative estimate of drug-likeness (QED) is 0.659. The molecular formula is C16H28N2. The van der Waals surface area contributed by atoms with Crippen LogP contribution in [0.5, 0.6) is 0 Å². The maximum Gasteiger partial charge on any atom is -0.00752 e. The summed E-state index contributed by atoms with van der Waals surface area (Å²) in [7, 11) is 0. The summed E-state index contributed by atoms with van der Waals surface area (Å²) in [6.45, 7) is 3.98. The molecule has 1 rings (SSSR count). The van der Waals surface area contributed by atoms with Crippen molar-refractivity contribution in [3.63, 3.8) is 0 Å². The molecule has 1 aromatic rings. The Morgan fingerprint density at radius 3 is 1.78 bits per heavy atom. The minimum absolute atomic E-state index is 0.283. The minimum atomic E-state index is 0.283. The van der Waals surface area contributed by atoms with Crippen molar-refractivity contribution in [3.8, 4) is 0 Å². The molecule has 0 spiro atoms. The van der Waals surface area contributed by atoms with Crippen LogP contribution in [0.15, 0.2) is 30.3 Å². The Kier molecular flexibility index (Phi) is 6.99. The first kappa shape index (κ1) is 15.2. The molecule has 0 saturated heterocycles. The highest BCUT2D eigenvalue weighted by Gasteiger charge is 2.25. The highest BCUT2D eigenvalue weighted by Crippen LogP contribution is 2.34. The Labute approximate surface area is 112 Å². The maximum atomic E-state index is 5.60. The van der Waals surface area contributed by atoms with Gasteiger partial charge in [-0.2, -0.15) is 0 Å². The van der Waals surface area contributed by atoms with Crippen LogP contribution in [0.4, 0.5) is 0 Å². The van der Waals surface area contributed by atoms with E-state index >= 15 is 0 Å². The van der Waals surface area contributed by atoms with Gasteiger partial charge in [-0.1, -0.05) is 50.1 Å². The van der Waals surface area contributed by atoms with Crippen LogP contribution in [0.3, 0.4) is 0 Å². The highest BCUT2D eigenvalue weighted by molar-refractivity contribution is 5.24. The van der Waals surface area contributed by atoms with Crippen molar-refractivity contribution in [2.45, 2.75) is 50.9 Å². The van der Waals surface area contributed by atoms with Crippen molar-refractivity contribution < 1.29 is 0 Å². The van der Waals surface area contributed by atoms with Gasteiger partial charge >= 0.3 is 0 Å². The molecule has 0 aliphatic heterocycles. The third-order valence-electron chi connectivity index (χ3n) is 3.84. The molecule has 0 unspecified atom stereocenters. The number of unbranched alkanes of at least 4 members (excludes halogenated alkanes) is 2. The molecule has 0 aliphatic carbocycles. The lowest BCUT2D eigenvalue weighted by atomic mass is 9.74. The summed E-state index contributed by atoms with van der Waals surface area (Å²) in [5, 5.41) is 0. The lowest BCUT2D eigenvalue weighted by Gasteiger charge is -2.30. The fourth-order valence-electron chi connectivity index (χ4n) is 2.57. The third kappa shape index (κ3) is 4.79. The zero-order valence-corrected chi connectivity index (χ0v) is 11.7. The largest absolute Gasteiger partial charge is 0.330 e. The predicted molar refractivity (Wildman–Crippen MR) is 79.6 cm³/mol. The van der Waals surface area contributed by atoms with Gasteiger partial charge in [-0.05, 0) is 49.8 Å². The van der Waals surface area contributed by atoms with Crippen LogP contribution in [-0.4, -0.2) is 13.1 Å². The first-order chi connectivity index (χ1) is 8.73.